The van der Waals surface area contributed by atoms with Crippen LogP contribution in [0.3, 0.4) is 0 Å². The molecule has 7 rings (SSSR count). The maximum absolute atomic E-state index is 13.0. The van der Waals surface area contributed by atoms with Crippen LogP contribution in [0.2, 0.25) is 0 Å². The zero-order valence-corrected chi connectivity index (χ0v) is 41.5. The molecule has 0 radical (unpaired) electrons. The van der Waals surface area contributed by atoms with E-state index in [1.54, 1.807) is 72.8 Å². The summed E-state index contributed by atoms with van der Waals surface area (Å²) in [5, 5.41) is 12.5. The zero-order chi connectivity index (χ0) is 55.1. The maximum Gasteiger partial charge on any atom is 0.338 e. The third-order valence-electron chi connectivity index (χ3n) is 10.3. The third kappa shape index (κ3) is 16.4. The summed E-state index contributed by atoms with van der Waals surface area (Å²) >= 11 is 0. The van der Waals surface area contributed by atoms with Crippen molar-refractivity contribution in [3.63, 3.8) is 0 Å². The van der Waals surface area contributed by atoms with Gasteiger partial charge in [-0.05, 0) is 54.6 Å². The number of hydrogen-bond acceptors (Lipinski definition) is 24. The molecule has 402 valence electrons. The minimum Gasteiger partial charge on any atom is -0.460 e. The van der Waals surface area contributed by atoms with Gasteiger partial charge in [0.25, 0.3) is 17.7 Å². The van der Waals surface area contributed by atoms with Crippen LogP contribution in [0.1, 0.15) is 31.1 Å². The van der Waals surface area contributed by atoms with E-state index in [-0.39, 0.29) is 131 Å². The topological polar surface area (TPSA) is 302 Å². The molecule has 0 atom stereocenters. The van der Waals surface area contributed by atoms with Gasteiger partial charge in [0.05, 0.1) is 56.3 Å². The second kappa shape index (κ2) is 28.8. The molecule has 0 amide bonds. The summed E-state index contributed by atoms with van der Waals surface area (Å²) in [6.45, 7) is 10.3. The Bertz CT molecular complexity index is 2900. The summed E-state index contributed by atoms with van der Waals surface area (Å²) in [6.07, 6.45) is 3.12. The maximum atomic E-state index is 13.0. The molecule has 4 aromatic carbocycles. The highest BCUT2D eigenvalue weighted by Gasteiger charge is 2.22. The summed E-state index contributed by atoms with van der Waals surface area (Å²) in [6, 6.07) is 24.1. The molecule has 0 aliphatic heterocycles. The van der Waals surface area contributed by atoms with Gasteiger partial charge in [0.2, 0.25) is 17.5 Å². The van der Waals surface area contributed by atoms with E-state index in [1.165, 1.54) is 18.2 Å². The largest absolute Gasteiger partial charge is 0.460 e. The van der Waals surface area contributed by atoms with Gasteiger partial charge < -0.3 is 56.2 Å². The molecule has 0 fully saturated rings. The molecule has 0 aliphatic carbocycles. The molecule has 0 saturated carbocycles. The highest BCUT2D eigenvalue weighted by Crippen LogP contribution is 2.34. The van der Waals surface area contributed by atoms with E-state index in [1.807, 2.05) is 0 Å². The van der Waals surface area contributed by atoms with E-state index in [0.29, 0.717) is 33.4 Å². The molecule has 0 unspecified atom stereocenters. The molecule has 7 aromatic rings. The monoisotopic (exact) mass is 1070 g/mol. The predicted molar refractivity (Wildman–Crippen MR) is 269 cm³/mol. The van der Waals surface area contributed by atoms with Gasteiger partial charge in [-0.15, -0.1) is 0 Å². The van der Waals surface area contributed by atoms with Crippen molar-refractivity contribution >= 4 is 35.8 Å². The van der Waals surface area contributed by atoms with Gasteiger partial charge in [-0.25, -0.2) is 28.8 Å². The highest BCUT2D eigenvalue weighted by atomic mass is 16.6. The Morgan fingerprint density at radius 1 is 0.359 bits per heavy atom. The Morgan fingerprint density at radius 3 is 0.897 bits per heavy atom. The Balaban J connectivity index is 1.09. The fourth-order valence-electron chi connectivity index (χ4n) is 6.64. The van der Waals surface area contributed by atoms with Crippen LogP contribution < -0.4 is 0 Å². The summed E-state index contributed by atoms with van der Waals surface area (Å²) in [4.78, 5) is 86.3. The summed E-state index contributed by atoms with van der Waals surface area (Å²) in [5.41, 5.74) is 2.89. The van der Waals surface area contributed by atoms with Gasteiger partial charge in [-0.2, -0.15) is 15.0 Å². The van der Waals surface area contributed by atoms with Gasteiger partial charge >= 0.3 is 35.8 Å². The van der Waals surface area contributed by atoms with Crippen molar-refractivity contribution in [3.8, 4) is 68.5 Å². The van der Waals surface area contributed by atoms with Gasteiger partial charge in [-0.3, -0.25) is 0 Å². The Morgan fingerprint density at radius 2 is 0.628 bits per heavy atom. The SMILES string of the molecule is C=CC(=O)OCCOCCOC(=O)c1cccc(-c2noc(-c3cc(-c4nc(-c5cccc(C(=O)OCCOCCOC(=O)C=C)c5)no4)cc(-c4nc(-c5cccc(C(=O)OCCOCCOC(=O)C=C)c5)no4)c3)n2)c1. The van der Waals surface area contributed by atoms with E-state index >= 15 is 0 Å². The first-order valence-corrected chi connectivity index (χ1v) is 23.6. The standard InChI is InChI=1S/C54H48N6O18/c1-4-43(61)70-22-16-67-19-25-73-52(64)37-13-7-10-34(28-37)46-55-49(76-58-46)40-31-41(50-56-47(59-77-50)35-11-8-14-38(29-35)53(65)74-26-20-68-17-23-71-44(62)5-2)33-42(32-40)51-57-48(60-78-51)36-12-9-15-39(30-36)54(66)75-27-21-69-18-24-72-45(63)6-3/h4-15,28-33H,1-3,16-27H2. The molecule has 3 heterocycles. The smallest absolute Gasteiger partial charge is 0.338 e. The van der Waals surface area contributed by atoms with Crippen LogP contribution in [-0.4, -0.2) is 146 Å². The first kappa shape index (κ1) is 56.0. The van der Waals surface area contributed by atoms with Crippen LogP contribution in [0.15, 0.2) is 143 Å². The van der Waals surface area contributed by atoms with E-state index in [2.05, 4.69) is 50.2 Å². The number of rotatable bonds is 30. The fourth-order valence-corrected chi connectivity index (χ4v) is 6.64. The number of ether oxygens (including phenoxy) is 9. The Labute approximate surface area is 443 Å². The molecule has 0 N–H and O–H groups in total. The average molecular weight is 1070 g/mol. The van der Waals surface area contributed by atoms with Crippen molar-refractivity contribution in [1.29, 1.82) is 0 Å². The second-order valence-electron chi connectivity index (χ2n) is 15.7. The lowest BCUT2D eigenvalue weighted by molar-refractivity contribution is -0.140. The van der Waals surface area contributed by atoms with E-state index in [9.17, 15) is 28.8 Å². The number of nitrogens with zero attached hydrogens (tertiary/aromatic N) is 6. The molecule has 78 heavy (non-hydrogen) atoms. The molecular formula is C54H48N6O18. The number of esters is 6. The molecule has 0 aliphatic rings. The van der Waals surface area contributed by atoms with Crippen LogP contribution in [0.25, 0.3) is 68.5 Å². The van der Waals surface area contributed by atoms with Crippen LogP contribution in [-0.2, 0) is 57.0 Å². The second-order valence-corrected chi connectivity index (χ2v) is 15.7. The fraction of sp³-hybridized carbons (Fsp3) is 0.222. The van der Waals surface area contributed by atoms with Crippen LogP contribution >= 0.6 is 0 Å². The molecular weight excluding hydrogens is 1020 g/mol. The van der Waals surface area contributed by atoms with E-state index in [0.717, 1.165) is 18.2 Å². The quantitative estimate of drug-likeness (QED) is 0.0200. The van der Waals surface area contributed by atoms with Gasteiger partial charge in [0.15, 0.2) is 0 Å². The van der Waals surface area contributed by atoms with E-state index < -0.39 is 35.8 Å². The van der Waals surface area contributed by atoms with Crippen molar-refractivity contribution in [3.05, 3.63) is 146 Å². The lowest BCUT2D eigenvalue weighted by Crippen LogP contribution is -2.14. The van der Waals surface area contributed by atoms with Crippen LogP contribution in [0, 0.1) is 0 Å². The van der Waals surface area contributed by atoms with Crippen molar-refractivity contribution in [2.24, 2.45) is 0 Å². The van der Waals surface area contributed by atoms with E-state index in [4.69, 9.17) is 56.2 Å². The van der Waals surface area contributed by atoms with Crippen LogP contribution in [0.4, 0.5) is 0 Å². The van der Waals surface area contributed by atoms with Crippen molar-refractivity contribution in [2.75, 3.05) is 79.3 Å². The predicted octanol–water partition coefficient (Wildman–Crippen LogP) is 6.55. The zero-order valence-electron chi connectivity index (χ0n) is 41.5. The number of benzene rings is 4. The highest BCUT2D eigenvalue weighted by molar-refractivity contribution is 5.92. The average Bonchev–Trinajstić information content (AvgIpc) is 4.31. The normalized spacial score (nSPS) is 10.8. The molecule has 24 heteroatoms. The van der Waals surface area contributed by atoms with Gasteiger partial charge in [-0.1, -0.05) is 71.6 Å². The molecule has 0 spiro atoms. The number of carbonyl (C=O) groups is 6. The number of aromatic nitrogens is 6. The summed E-state index contributed by atoms with van der Waals surface area (Å²) in [7, 11) is 0. The number of hydrogen-bond donors (Lipinski definition) is 0. The van der Waals surface area contributed by atoms with Crippen molar-refractivity contribution < 1.29 is 85.0 Å². The number of carbonyl (C=O) groups excluding carboxylic acids is 6. The first-order valence-electron chi connectivity index (χ1n) is 23.6. The lowest BCUT2D eigenvalue weighted by Gasteiger charge is -2.07. The molecule has 0 saturated heterocycles. The lowest BCUT2D eigenvalue weighted by atomic mass is 10.0. The Hall–Kier alpha value is -9.78. The van der Waals surface area contributed by atoms with Gasteiger partial charge in [0, 0.05) is 51.6 Å². The van der Waals surface area contributed by atoms with Crippen molar-refractivity contribution in [1.82, 2.24) is 30.4 Å². The minimum absolute atomic E-state index is 0.0168. The third-order valence-corrected chi connectivity index (χ3v) is 10.3. The summed E-state index contributed by atoms with van der Waals surface area (Å²) < 4.78 is 63.9. The molecule has 24 nitrogen and oxygen atoms in total. The first-order chi connectivity index (χ1) is 38.0. The van der Waals surface area contributed by atoms with Crippen molar-refractivity contribution in [2.45, 2.75) is 0 Å². The van der Waals surface area contributed by atoms with Gasteiger partial charge in [0.1, 0.15) is 39.6 Å². The molecule has 3 aromatic heterocycles. The van der Waals surface area contributed by atoms with Crippen LogP contribution in [0.5, 0.6) is 0 Å². The summed E-state index contributed by atoms with van der Waals surface area (Å²) in [5.74, 6) is -3.19. The minimum atomic E-state index is -0.635. The molecule has 0 bridgehead atoms. The Kier molecular flexibility index (Phi) is 20.6.